The molecule has 1 aliphatic heterocycles. The fourth-order valence-corrected chi connectivity index (χ4v) is 9.67. The number of carbonyl (C=O) groups is 2. The summed E-state index contributed by atoms with van der Waals surface area (Å²) in [5.74, 6) is -0.469. The first kappa shape index (κ1) is 56.3. The number of allylic oxidation sites excluding steroid dienone is 1. The topological polar surface area (TPSA) is 117 Å². The summed E-state index contributed by atoms with van der Waals surface area (Å²) in [6, 6.07) is 76.6. The molecular formula is C71H64O11. The van der Waals surface area contributed by atoms with Crippen LogP contribution in [-0.2, 0) is 63.3 Å². The van der Waals surface area contributed by atoms with E-state index in [0.717, 1.165) is 33.4 Å². The lowest BCUT2D eigenvalue weighted by Gasteiger charge is -2.47. The minimum absolute atomic E-state index is 0.0335. The lowest BCUT2D eigenvalue weighted by Crippen LogP contribution is -2.58. The molecule has 10 rings (SSSR count). The number of ketones is 1. The molecule has 0 spiro atoms. The molecule has 1 fully saturated rings. The molecule has 0 N–H and O–H groups in total. The van der Waals surface area contributed by atoms with Crippen LogP contribution in [0.2, 0.25) is 0 Å². The maximum atomic E-state index is 15.5. The average molecular weight is 1090 g/mol. The fourth-order valence-electron chi connectivity index (χ4n) is 9.67. The van der Waals surface area contributed by atoms with E-state index in [0.29, 0.717) is 17.9 Å². The second-order valence-electron chi connectivity index (χ2n) is 19.6. The van der Waals surface area contributed by atoms with E-state index >= 15 is 4.79 Å². The summed E-state index contributed by atoms with van der Waals surface area (Å²) in [6.07, 6.45) is -1.66. The van der Waals surface area contributed by atoms with Gasteiger partial charge in [-0.25, -0.2) is 4.79 Å². The van der Waals surface area contributed by atoms with E-state index in [4.69, 9.17) is 42.6 Å². The highest BCUT2D eigenvalue weighted by molar-refractivity contribution is 6.12. The molecule has 0 aliphatic carbocycles. The van der Waals surface area contributed by atoms with Crippen LogP contribution in [-0.4, -0.2) is 49.9 Å². The number of hydrogen-bond acceptors (Lipinski definition) is 11. The molecule has 0 radical (unpaired) electrons. The van der Waals surface area contributed by atoms with Crippen molar-refractivity contribution in [1.29, 1.82) is 0 Å². The number of ether oxygens (including phenoxy) is 9. The number of benzene rings is 9. The van der Waals surface area contributed by atoms with Crippen molar-refractivity contribution in [2.45, 2.75) is 70.2 Å². The normalized spacial score (nSPS) is 16.8. The molecule has 0 amide bonds. The predicted octanol–water partition coefficient (Wildman–Crippen LogP) is 14.4. The van der Waals surface area contributed by atoms with E-state index in [1.54, 1.807) is 42.5 Å². The monoisotopic (exact) mass is 1090 g/mol. The quantitative estimate of drug-likeness (QED) is 0.0223. The largest absolute Gasteiger partial charge is 0.496 e. The zero-order chi connectivity index (χ0) is 56.1. The highest BCUT2D eigenvalue weighted by Gasteiger charge is 2.51. The first-order chi connectivity index (χ1) is 40.5. The molecule has 9 aromatic carbocycles. The molecule has 1 aliphatic rings. The third-order valence-corrected chi connectivity index (χ3v) is 13.9. The second-order valence-corrected chi connectivity index (χ2v) is 19.6. The second kappa shape index (κ2) is 29.0. The summed E-state index contributed by atoms with van der Waals surface area (Å²) in [6.45, 7) is 1.24. The third-order valence-electron chi connectivity index (χ3n) is 13.9. The number of esters is 1. The van der Waals surface area contributed by atoms with Crippen molar-refractivity contribution >= 4 is 17.8 Å². The van der Waals surface area contributed by atoms with Gasteiger partial charge in [0.2, 0.25) is 0 Å². The van der Waals surface area contributed by atoms with Crippen molar-refractivity contribution in [3.8, 4) is 23.0 Å². The zero-order valence-electron chi connectivity index (χ0n) is 45.6. The van der Waals surface area contributed by atoms with E-state index in [9.17, 15) is 4.79 Å². The van der Waals surface area contributed by atoms with Crippen LogP contribution < -0.4 is 18.9 Å². The summed E-state index contributed by atoms with van der Waals surface area (Å²) in [4.78, 5) is 30.3. The average Bonchev–Trinajstić information content (AvgIpc) is 2.84. The van der Waals surface area contributed by atoms with Gasteiger partial charge < -0.3 is 42.6 Å². The Kier molecular flexibility index (Phi) is 19.9. The summed E-state index contributed by atoms with van der Waals surface area (Å²) in [5.41, 5.74) is 6.66. The summed E-state index contributed by atoms with van der Waals surface area (Å²) in [5, 5.41) is 0. The van der Waals surface area contributed by atoms with Crippen LogP contribution in [0.25, 0.3) is 6.08 Å². The van der Waals surface area contributed by atoms with Crippen molar-refractivity contribution in [1.82, 2.24) is 0 Å². The molecule has 0 bridgehead atoms. The van der Waals surface area contributed by atoms with E-state index in [1.807, 2.05) is 206 Å². The van der Waals surface area contributed by atoms with Gasteiger partial charge in [-0.2, -0.15) is 0 Å². The highest BCUT2D eigenvalue weighted by Crippen LogP contribution is 2.50. The Morgan fingerprint density at radius 2 is 0.902 bits per heavy atom. The van der Waals surface area contributed by atoms with Crippen LogP contribution in [0.1, 0.15) is 71.3 Å². The minimum atomic E-state index is -1.19. The minimum Gasteiger partial charge on any atom is -0.496 e. The van der Waals surface area contributed by atoms with Gasteiger partial charge in [0.05, 0.1) is 51.3 Å². The molecule has 9 aromatic rings. The zero-order valence-corrected chi connectivity index (χ0v) is 45.6. The number of rotatable bonds is 26. The van der Waals surface area contributed by atoms with Crippen LogP contribution in [0.3, 0.4) is 0 Å². The number of hydrogen-bond donors (Lipinski definition) is 0. The van der Waals surface area contributed by atoms with Crippen molar-refractivity contribution in [2.24, 2.45) is 0 Å². The van der Waals surface area contributed by atoms with Crippen LogP contribution in [0.4, 0.5) is 0 Å². The van der Waals surface area contributed by atoms with Crippen LogP contribution in [0, 0.1) is 0 Å². The van der Waals surface area contributed by atoms with Gasteiger partial charge in [-0.05, 0) is 69.3 Å². The first-order valence-corrected chi connectivity index (χ1v) is 27.4. The standard InChI is InChI=1S/C71H64O11/c1-74-61-43-62(77-46-54-27-13-4-14-28-54)64(60(72)42-39-51-37-40-59(41-38-51)76-45-53-25-11-3-12-26-53)67(82-71(73)58-35-21-8-22-36-58)65(61)68-70(80-49-57-33-19-7-20-34-57)69(79-48-56-31-17-6-18-32-56)66(78-47-55-29-15-5-16-30-55)63(81-68)50-75-44-52-23-9-2-10-24-52/h2-43,63,66,68-70H,44-50H2,1H3/b42-39+/t63-,66-,68+,69+,70+/m1/s1. The first-order valence-electron chi connectivity index (χ1n) is 27.4. The van der Waals surface area contributed by atoms with Gasteiger partial charge in [0.25, 0.3) is 0 Å². The molecule has 1 heterocycles. The van der Waals surface area contributed by atoms with Crippen molar-refractivity contribution in [3.05, 3.63) is 304 Å². The molecule has 0 aromatic heterocycles. The van der Waals surface area contributed by atoms with E-state index in [1.165, 1.54) is 13.2 Å². The number of carbonyl (C=O) groups excluding carboxylic acids is 2. The highest BCUT2D eigenvalue weighted by atomic mass is 16.6. The Hall–Kier alpha value is -8.94. The third kappa shape index (κ3) is 15.3. The van der Waals surface area contributed by atoms with Gasteiger partial charge in [-0.1, -0.05) is 218 Å². The van der Waals surface area contributed by atoms with Gasteiger partial charge in [0, 0.05) is 6.07 Å². The van der Waals surface area contributed by atoms with Gasteiger partial charge in [-0.3, -0.25) is 4.79 Å². The van der Waals surface area contributed by atoms with E-state index in [2.05, 4.69) is 0 Å². The van der Waals surface area contributed by atoms with Gasteiger partial charge in [0.15, 0.2) is 11.5 Å². The Labute approximate surface area is 479 Å². The Balaban J connectivity index is 1.13. The van der Waals surface area contributed by atoms with Crippen molar-refractivity contribution in [3.63, 3.8) is 0 Å². The molecule has 1 saturated heterocycles. The summed E-state index contributed by atoms with van der Waals surface area (Å²) < 4.78 is 61.1. The molecule has 11 heteroatoms. The maximum absolute atomic E-state index is 15.5. The van der Waals surface area contributed by atoms with Gasteiger partial charge >= 0.3 is 5.97 Å². The fraction of sp³-hybridized carbons (Fsp3) is 0.183. The predicted molar refractivity (Wildman–Crippen MR) is 315 cm³/mol. The summed E-state index contributed by atoms with van der Waals surface area (Å²) in [7, 11) is 1.51. The molecule has 5 atom stereocenters. The van der Waals surface area contributed by atoms with Crippen LogP contribution >= 0.6 is 0 Å². The Morgan fingerprint density at radius 1 is 0.463 bits per heavy atom. The molecule has 414 valence electrons. The SMILES string of the molecule is COc1cc(OCc2ccccc2)c(C(=O)/C=C/c2ccc(OCc3ccccc3)cc2)c(OC(=O)c2ccccc2)c1[C@@H]1O[C@H](COCc2ccccc2)[C@@H](OCc2ccccc2)[C@H](OCc2ccccc2)[C@H]1OCc1ccccc1. The van der Waals surface area contributed by atoms with Crippen LogP contribution in [0.15, 0.2) is 249 Å². The molecule has 0 saturated carbocycles. The number of methoxy groups -OCH3 is 1. The van der Waals surface area contributed by atoms with Crippen LogP contribution in [0.5, 0.6) is 23.0 Å². The lowest BCUT2D eigenvalue weighted by atomic mass is 9.87. The van der Waals surface area contributed by atoms with E-state index in [-0.39, 0.29) is 73.6 Å². The van der Waals surface area contributed by atoms with Gasteiger partial charge in [-0.15, -0.1) is 0 Å². The summed E-state index contributed by atoms with van der Waals surface area (Å²) >= 11 is 0. The molecule has 11 nitrogen and oxygen atoms in total. The lowest BCUT2D eigenvalue weighted by molar-refractivity contribution is -0.275. The molecule has 82 heavy (non-hydrogen) atoms. The maximum Gasteiger partial charge on any atom is 0.343 e. The van der Waals surface area contributed by atoms with Gasteiger partial charge in [0.1, 0.15) is 66.5 Å². The smallest absolute Gasteiger partial charge is 0.343 e. The Bertz CT molecular complexity index is 3420. The molecular weight excluding hydrogens is 1030 g/mol. The Morgan fingerprint density at radius 3 is 1.40 bits per heavy atom. The van der Waals surface area contributed by atoms with Crippen molar-refractivity contribution in [2.75, 3.05) is 13.7 Å². The molecule has 0 unspecified atom stereocenters. The van der Waals surface area contributed by atoms with Crippen molar-refractivity contribution < 1.29 is 52.2 Å². The van der Waals surface area contributed by atoms with E-state index < -0.39 is 42.3 Å².